The van der Waals surface area contributed by atoms with E-state index < -0.39 is 86.6 Å². The summed E-state index contributed by atoms with van der Waals surface area (Å²) in [5, 5.41) is 41.8. The van der Waals surface area contributed by atoms with Gasteiger partial charge in [0.25, 0.3) is 0 Å². The maximum absolute atomic E-state index is 18.0. The van der Waals surface area contributed by atoms with E-state index in [0.717, 1.165) is 115 Å². The molecule has 8 heterocycles. The highest BCUT2D eigenvalue weighted by atomic mass is 16.7. The Kier molecular flexibility index (Phi) is 12.4. The SMILES string of the molecule is C[C@H]1[C@@H]2CCCC[C@@H]2CC[C@@]12C=CC[C@]13O[C@]45C(=C[C@@H]21)C[C@H]1CC2(CCCC2)C[C@]12C[C@@H]1C[C@@]6(C)[C@H](c7ccoc7C[C@@H]([C@H]7CC[C@H]8[C@H](C=CN9CNC[C@@H]89)C7)[C@H](O)CO)OC(=O)[C@H]7O[C@]76[C@]6([C@H]7CCC[C@H](Cc8ccccc8)C7)[C@H](O)C(=O)[C@H]3[C@@]4(COC(=O)[C@@H]25)[C@@H]16. The van der Waals surface area contributed by atoms with Gasteiger partial charge in [-0.2, -0.15) is 0 Å². The second-order valence-electron chi connectivity index (χ2n) is 35.6. The van der Waals surface area contributed by atoms with E-state index >= 15 is 19.5 Å². The summed E-state index contributed by atoms with van der Waals surface area (Å²) in [5.74, 6) is 0.369. The molecule has 11 aliphatic carbocycles. The molecule has 7 aliphatic heterocycles. The second-order valence-corrected chi connectivity index (χ2v) is 35.6. The molecular formula is C79H100N2O11. The molecule has 0 radical (unpaired) electrons. The molecule has 5 bridgehead atoms. The average molecular weight is 1250 g/mol. The van der Waals surface area contributed by atoms with E-state index in [1.165, 1.54) is 56.1 Å². The maximum Gasteiger partial charge on any atom is 0.339 e. The Balaban J connectivity index is 0.789. The fraction of sp³-hybridized carbons (Fsp3) is 0.759. The number of epoxide rings is 1. The lowest BCUT2D eigenvalue weighted by molar-refractivity contribution is -0.301. The van der Waals surface area contributed by atoms with Crippen LogP contribution in [0.2, 0.25) is 0 Å². The summed E-state index contributed by atoms with van der Waals surface area (Å²) in [7, 11) is 0. The first-order chi connectivity index (χ1) is 44.7. The second kappa shape index (κ2) is 19.6. The summed E-state index contributed by atoms with van der Waals surface area (Å²) in [6.45, 7) is 6.40. The average Bonchev–Trinajstić information content (AvgIpc) is 1.41. The first-order valence-corrected chi connectivity index (χ1v) is 37.6. The van der Waals surface area contributed by atoms with Crippen LogP contribution in [0.15, 0.2) is 83.2 Å². The smallest absolute Gasteiger partial charge is 0.339 e. The molecule has 492 valence electrons. The molecule has 2 aromatic rings. The van der Waals surface area contributed by atoms with Crippen molar-refractivity contribution >= 4 is 17.7 Å². The van der Waals surface area contributed by atoms with Crippen molar-refractivity contribution in [2.24, 2.45) is 121 Å². The number of allylic oxidation sites excluding steroid dienone is 2. The Morgan fingerprint density at radius 1 is 0.848 bits per heavy atom. The molecule has 13 heteroatoms. The first kappa shape index (κ1) is 58.1. The molecule has 1 aromatic heterocycles. The number of ketones is 1. The number of esters is 2. The number of furan rings is 1. The van der Waals surface area contributed by atoms with Crippen LogP contribution in [0.4, 0.5) is 0 Å². The minimum absolute atomic E-state index is 0.0589. The molecular weight excluding hydrogens is 1150 g/mol. The van der Waals surface area contributed by atoms with Crippen LogP contribution in [-0.2, 0) is 46.2 Å². The van der Waals surface area contributed by atoms with Crippen LogP contribution in [-0.4, -0.2) is 106 Å². The number of hydrogen-bond acceptors (Lipinski definition) is 13. The molecule has 0 unspecified atom stereocenters. The molecule has 18 aliphatic rings. The third kappa shape index (κ3) is 6.84. The summed E-state index contributed by atoms with van der Waals surface area (Å²) < 4.78 is 37.8. The topological polar surface area (TPSA) is 181 Å². The number of aliphatic hydroxyl groups is 3. The molecule has 1 aromatic carbocycles. The number of carbonyl (C=O) groups is 3. The minimum Gasteiger partial charge on any atom is -0.469 e. The van der Waals surface area contributed by atoms with Crippen LogP contribution < -0.4 is 5.32 Å². The van der Waals surface area contributed by atoms with Crippen LogP contribution in [0.25, 0.3) is 0 Å². The van der Waals surface area contributed by atoms with Gasteiger partial charge in [-0.25, -0.2) is 4.79 Å². The number of rotatable bonds is 9. The van der Waals surface area contributed by atoms with E-state index in [1.54, 1.807) is 6.26 Å². The molecule has 0 amide bonds. The highest BCUT2D eigenvalue weighted by Crippen LogP contribution is 2.92. The summed E-state index contributed by atoms with van der Waals surface area (Å²) in [4.78, 5) is 52.7. The molecule has 13 nitrogen and oxygen atoms in total. The Bertz CT molecular complexity index is 3500. The van der Waals surface area contributed by atoms with Crippen LogP contribution in [0.5, 0.6) is 0 Å². The number of nitrogens with zero attached hydrogens (tertiary/aromatic N) is 1. The van der Waals surface area contributed by atoms with Crippen molar-refractivity contribution in [2.45, 2.75) is 222 Å². The van der Waals surface area contributed by atoms with Crippen molar-refractivity contribution in [3.63, 3.8) is 0 Å². The number of ether oxygens (including phenoxy) is 4. The molecule has 92 heavy (non-hydrogen) atoms. The van der Waals surface area contributed by atoms with Crippen LogP contribution in [0, 0.1) is 121 Å². The quantitative estimate of drug-likeness (QED) is 0.106. The normalized spacial score (nSPS) is 52.7. The Morgan fingerprint density at radius 3 is 2.57 bits per heavy atom. The van der Waals surface area contributed by atoms with Gasteiger partial charge in [-0.1, -0.05) is 113 Å². The van der Waals surface area contributed by atoms with E-state index in [2.05, 4.69) is 84.9 Å². The number of fused-ring (bicyclic) bond motifs is 5. The maximum atomic E-state index is 18.0. The predicted molar refractivity (Wildman–Crippen MR) is 340 cm³/mol. The van der Waals surface area contributed by atoms with Gasteiger partial charge in [0.2, 0.25) is 0 Å². The summed E-state index contributed by atoms with van der Waals surface area (Å²) in [6.07, 6.45) is 34.0. The highest BCUT2D eigenvalue weighted by molar-refractivity contribution is 5.94. The van der Waals surface area contributed by atoms with Crippen LogP contribution >= 0.6 is 0 Å². The highest BCUT2D eigenvalue weighted by Gasteiger charge is 2.99. The molecule has 7 spiro atoms. The van der Waals surface area contributed by atoms with Gasteiger partial charge in [0.15, 0.2) is 11.9 Å². The molecule has 20 rings (SSSR count). The van der Waals surface area contributed by atoms with Gasteiger partial charge in [0, 0.05) is 46.7 Å². The van der Waals surface area contributed by atoms with Crippen molar-refractivity contribution in [3.05, 3.63) is 95.6 Å². The number of cyclic esters (lactones) is 2. The number of carbonyl (C=O) groups excluding carboxylic acids is 3. The number of nitrogens with one attached hydrogen (secondary N) is 1. The Hall–Kier alpha value is -4.11. The van der Waals surface area contributed by atoms with Crippen molar-refractivity contribution in [1.82, 2.24) is 10.2 Å². The van der Waals surface area contributed by atoms with Crippen molar-refractivity contribution in [3.8, 4) is 0 Å². The summed E-state index contributed by atoms with van der Waals surface area (Å²) in [5.41, 5.74) is -4.30. The Morgan fingerprint density at radius 2 is 1.71 bits per heavy atom. The van der Waals surface area contributed by atoms with E-state index in [-0.39, 0.29) is 77.2 Å². The molecule has 4 N–H and O–H groups in total. The lowest BCUT2D eigenvalue weighted by Crippen LogP contribution is -2.82. The molecule has 28 atom stereocenters. The number of benzene rings is 1. The van der Waals surface area contributed by atoms with Crippen LogP contribution in [0.1, 0.15) is 185 Å². The number of aliphatic hydroxyl groups excluding tert-OH is 3. The summed E-state index contributed by atoms with van der Waals surface area (Å²) >= 11 is 0. The molecule has 15 fully saturated rings. The van der Waals surface area contributed by atoms with Gasteiger partial charge in [0.1, 0.15) is 35.8 Å². The number of Topliss-reactive ketones (excluding diaryl/α,β-unsaturated/α-hetero) is 1. The van der Waals surface area contributed by atoms with E-state index in [9.17, 15) is 10.2 Å². The third-order valence-corrected chi connectivity index (χ3v) is 33.0. The van der Waals surface area contributed by atoms with Gasteiger partial charge >= 0.3 is 11.9 Å². The van der Waals surface area contributed by atoms with Gasteiger partial charge in [-0.15, -0.1) is 0 Å². The predicted octanol–water partition coefficient (Wildman–Crippen LogP) is 11.7. The number of hydrogen-bond donors (Lipinski definition) is 4. The van der Waals surface area contributed by atoms with Crippen LogP contribution in [0.3, 0.4) is 0 Å². The van der Waals surface area contributed by atoms with Gasteiger partial charge in [-0.3, -0.25) is 14.9 Å². The van der Waals surface area contributed by atoms with Gasteiger partial charge in [0.05, 0.1) is 48.5 Å². The zero-order valence-corrected chi connectivity index (χ0v) is 54.5. The fourth-order valence-electron chi connectivity index (χ4n) is 30.4. The zero-order chi connectivity index (χ0) is 61.9. The third-order valence-electron chi connectivity index (χ3n) is 33.0. The zero-order valence-electron chi connectivity index (χ0n) is 54.5. The standard InChI is InChI=1S/C79H100N2O11/c1-44-54-17-7-6-15-47(54)20-27-73(44)25-11-26-76-61(73)34-52-33-53-38-72(23-8-9-24-72)41-74(53)37-50-36-71(2)67(56-22-29-88-60(56)35-57(59(83)40-82)48-18-19-55-49(32-48)21-28-81-43-80-39-58(55)81)90-70(87)68-79(71,91-68)77(51-16-10-14-46(31-51)30-45-12-4-3-5-13-45)63(50)75(64(76)62(84)66(77)85)42-89-69(86)65(74)78(52,75)92-76/h3-5,11-13,21-22,25,28-29,34,44,46-51,53-55,57-59,61,63-68,80,82-83,85H,6-10,14-20,23-24,26-27,30-33,35-43H2,1-2H3/t44-,46+,47+,48-,49+,50-,51-,53-,54-,55-,57-,58-,59+,61-,63+,64-,65-,66+,67-,68+,71-,73-,74+,75+,76-,77-,78-,79+/m0/s1. The monoisotopic (exact) mass is 1250 g/mol. The minimum atomic E-state index is -1.51. The Labute approximate surface area is 543 Å². The van der Waals surface area contributed by atoms with Crippen molar-refractivity contribution in [1.29, 1.82) is 0 Å². The van der Waals surface area contributed by atoms with Crippen molar-refractivity contribution < 1.29 is 53.1 Å². The van der Waals surface area contributed by atoms with Gasteiger partial charge < -0.3 is 43.6 Å². The van der Waals surface area contributed by atoms with E-state index in [4.69, 9.17) is 23.4 Å². The van der Waals surface area contributed by atoms with E-state index in [1.807, 2.05) is 6.07 Å². The molecule has 5 saturated heterocycles. The summed E-state index contributed by atoms with van der Waals surface area (Å²) in [6, 6.07) is 13.3. The largest absolute Gasteiger partial charge is 0.469 e. The lowest BCUT2D eigenvalue weighted by atomic mass is 9.29. The van der Waals surface area contributed by atoms with Gasteiger partial charge in [-0.05, 0) is 214 Å². The van der Waals surface area contributed by atoms with Crippen molar-refractivity contribution in [2.75, 3.05) is 26.4 Å². The lowest BCUT2D eigenvalue weighted by Gasteiger charge is -2.73. The van der Waals surface area contributed by atoms with E-state index in [0.29, 0.717) is 60.7 Å². The fourth-order valence-corrected chi connectivity index (χ4v) is 30.4. The molecule has 10 saturated carbocycles. The first-order valence-electron chi connectivity index (χ1n) is 37.6.